The van der Waals surface area contributed by atoms with Crippen LogP contribution in [0.2, 0.25) is 0 Å². The number of unbranched alkanes of at least 4 members (excludes halogenated alkanes) is 1. The SMILES string of the molecule is CCCCN(CC)Cc1ccccc1C1N=C(NC#N)Nc2nc(N)c(C#N)c(N)c21. The van der Waals surface area contributed by atoms with E-state index < -0.39 is 6.04 Å². The third-order valence-electron chi connectivity index (χ3n) is 5.38. The van der Waals surface area contributed by atoms with Gasteiger partial charge in [0.1, 0.15) is 29.3 Å². The third kappa shape index (κ3) is 4.52. The Bertz CT molecular complexity index is 1060. The first-order valence-electron chi connectivity index (χ1n) is 10.3. The zero-order valence-corrected chi connectivity index (χ0v) is 17.8. The molecule has 0 aliphatic carbocycles. The quantitative estimate of drug-likeness (QED) is 0.396. The molecule has 9 heteroatoms. The van der Waals surface area contributed by atoms with Gasteiger partial charge >= 0.3 is 0 Å². The minimum atomic E-state index is -0.534. The van der Waals surface area contributed by atoms with E-state index in [2.05, 4.69) is 45.4 Å². The number of benzene rings is 1. The predicted molar refractivity (Wildman–Crippen MR) is 122 cm³/mol. The fraction of sp³-hybridized carbons (Fsp3) is 0.364. The molecule has 6 N–H and O–H groups in total. The lowest BCUT2D eigenvalue weighted by atomic mass is 9.91. The van der Waals surface area contributed by atoms with Crippen molar-refractivity contribution in [2.75, 3.05) is 29.9 Å². The number of aromatic nitrogens is 1. The van der Waals surface area contributed by atoms with Gasteiger partial charge in [0.25, 0.3) is 0 Å². The third-order valence-corrected chi connectivity index (χ3v) is 5.38. The summed E-state index contributed by atoms with van der Waals surface area (Å²) in [6.45, 7) is 7.03. The van der Waals surface area contributed by atoms with Gasteiger partial charge in [-0.15, -0.1) is 0 Å². The Hall–Kier alpha value is -3.82. The van der Waals surface area contributed by atoms with Crippen LogP contribution in [-0.2, 0) is 6.54 Å². The zero-order chi connectivity index (χ0) is 22.4. The Labute approximate surface area is 182 Å². The average molecular weight is 418 g/mol. The molecule has 160 valence electrons. The lowest BCUT2D eigenvalue weighted by Gasteiger charge is -2.28. The van der Waals surface area contributed by atoms with Crippen LogP contribution in [0.3, 0.4) is 0 Å². The lowest BCUT2D eigenvalue weighted by Crippen LogP contribution is -2.33. The molecule has 0 fully saturated rings. The number of nitrogen functional groups attached to an aromatic ring is 2. The number of anilines is 3. The van der Waals surface area contributed by atoms with Crippen molar-refractivity contribution in [1.29, 1.82) is 10.5 Å². The second-order valence-corrected chi connectivity index (χ2v) is 7.32. The Morgan fingerprint density at radius 3 is 2.68 bits per heavy atom. The summed E-state index contributed by atoms with van der Waals surface area (Å²) in [6, 6.07) is 9.52. The molecule has 0 amide bonds. The van der Waals surface area contributed by atoms with Crippen LogP contribution < -0.4 is 22.1 Å². The van der Waals surface area contributed by atoms with E-state index in [9.17, 15) is 5.26 Å². The van der Waals surface area contributed by atoms with Crippen molar-refractivity contribution >= 4 is 23.3 Å². The van der Waals surface area contributed by atoms with Gasteiger partial charge in [0.2, 0.25) is 5.96 Å². The van der Waals surface area contributed by atoms with E-state index >= 15 is 0 Å². The summed E-state index contributed by atoms with van der Waals surface area (Å²) < 4.78 is 0. The largest absolute Gasteiger partial charge is 0.397 e. The minimum absolute atomic E-state index is 0.0354. The molecule has 1 aromatic carbocycles. The Kier molecular flexibility index (Phi) is 6.91. The summed E-state index contributed by atoms with van der Waals surface area (Å²) in [7, 11) is 0. The first-order chi connectivity index (χ1) is 15.0. The van der Waals surface area contributed by atoms with Gasteiger partial charge in [0.15, 0.2) is 6.19 Å². The number of rotatable bonds is 7. The van der Waals surface area contributed by atoms with Crippen molar-refractivity contribution in [3.8, 4) is 12.3 Å². The van der Waals surface area contributed by atoms with Gasteiger partial charge in [-0.2, -0.15) is 10.5 Å². The van der Waals surface area contributed by atoms with Crippen LogP contribution in [0.25, 0.3) is 0 Å². The molecule has 9 nitrogen and oxygen atoms in total. The second-order valence-electron chi connectivity index (χ2n) is 7.32. The fourth-order valence-corrected chi connectivity index (χ4v) is 3.72. The topological polar surface area (TPSA) is 152 Å². The molecular formula is C22H27N9. The van der Waals surface area contributed by atoms with Crippen molar-refractivity contribution in [3.63, 3.8) is 0 Å². The summed E-state index contributed by atoms with van der Waals surface area (Å²) in [5.74, 6) is 0.678. The molecule has 1 aliphatic heterocycles. The maximum Gasteiger partial charge on any atom is 0.211 e. The van der Waals surface area contributed by atoms with Gasteiger partial charge in [0.05, 0.1) is 5.69 Å². The molecular weight excluding hydrogens is 390 g/mol. The Morgan fingerprint density at radius 2 is 2.00 bits per heavy atom. The average Bonchev–Trinajstić information content (AvgIpc) is 2.76. The van der Waals surface area contributed by atoms with Gasteiger partial charge in [-0.1, -0.05) is 44.5 Å². The standard InChI is InChI=1S/C22H27N9/c1-3-5-10-31(4-2)12-14-8-6-7-9-15(14)19-17-18(25)16(11-23)20(26)29-21(17)30-22(28-19)27-13-24/h6-9,19H,3-5,10,12H2,1-2H3,(H6,25,26,27,28,29,30). The minimum Gasteiger partial charge on any atom is -0.397 e. The first kappa shape index (κ1) is 21.9. The summed E-state index contributed by atoms with van der Waals surface area (Å²) in [5, 5.41) is 24.1. The van der Waals surface area contributed by atoms with E-state index in [0.29, 0.717) is 11.4 Å². The number of nitrogens with zero attached hydrogens (tertiary/aromatic N) is 5. The van der Waals surface area contributed by atoms with E-state index in [0.717, 1.165) is 43.6 Å². The highest BCUT2D eigenvalue weighted by Crippen LogP contribution is 2.41. The highest BCUT2D eigenvalue weighted by molar-refractivity contribution is 5.98. The van der Waals surface area contributed by atoms with Crippen LogP contribution >= 0.6 is 0 Å². The number of hydrogen-bond donors (Lipinski definition) is 4. The number of pyridine rings is 1. The van der Waals surface area contributed by atoms with E-state index in [1.165, 1.54) is 0 Å². The second kappa shape index (κ2) is 9.79. The molecule has 0 spiro atoms. The molecule has 1 unspecified atom stereocenters. The molecule has 1 atom stereocenters. The molecule has 0 saturated carbocycles. The number of guanidine groups is 1. The van der Waals surface area contributed by atoms with Crippen molar-refractivity contribution in [2.45, 2.75) is 39.3 Å². The molecule has 0 saturated heterocycles. The number of nitrogens with two attached hydrogens (primary N) is 2. The van der Waals surface area contributed by atoms with Crippen molar-refractivity contribution in [3.05, 3.63) is 46.5 Å². The van der Waals surface area contributed by atoms with E-state index in [1.54, 1.807) is 0 Å². The van der Waals surface area contributed by atoms with Crippen molar-refractivity contribution < 1.29 is 0 Å². The summed E-state index contributed by atoms with van der Waals surface area (Å²) in [5.41, 5.74) is 15.3. The highest BCUT2D eigenvalue weighted by atomic mass is 15.2. The van der Waals surface area contributed by atoms with Crippen LogP contribution in [0.5, 0.6) is 0 Å². The van der Waals surface area contributed by atoms with Crippen LogP contribution in [-0.4, -0.2) is 28.9 Å². The van der Waals surface area contributed by atoms with E-state index in [-0.39, 0.29) is 23.0 Å². The summed E-state index contributed by atoms with van der Waals surface area (Å²) in [6.07, 6.45) is 4.14. The fourth-order valence-electron chi connectivity index (χ4n) is 3.72. The number of fused-ring (bicyclic) bond motifs is 1. The molecule has 0 radical (unpaired) electrons. The van der Waals surface area contributed by atoms with Crippen LogP contribution in [0.4, 0.5) is 17.3 Å². The van der Waals surface area contributed by atoms with Crippen molar-refractivity contribution in [1.82, 2.24) is 15.2 Å². The molecule has 1 aliphatic rings. The van der Waals surface area contributed by atoms with Gasteiger partial charge in [-0.25, -0.2) is 9.98 Å². The number of aliphatic imine (C=N–C) groups is 1. The number of nitrogens with one attached hydrogen (secondary N) is 2. The van der Waals surface area contributed by atoms with Crippen LogP contribution in [0.15, 0.2) is 29.3 Å². The molecule has 1 aromatic heterocycles. The number of hydrogen-bond acceptors (Lipinski definition) is 9. The van der Waals surface area contributed by atoms with Gasteiger partial charge in [0, 0.05) is 12.1 Å². The first-order valence-corrected chi connectivity index (χ1v) is 10.3. The molecule has 0 bridgehead atoms. The zero-order valence-electron chi connectivity index (χ0n) is 17.8. The Morgan fingerprint density at radius 1 is 1.23 bits per heavy atom. The van der Waals surface area contributed by atoms with E-state index in [1.807, 2.05) is 30.5 Å². The maximum atomic E-state index is 9.51. The lowest BCUT2D eigenvalue weighted by molar-refractivity contribution is 0.274. The van der Waals surface area contributed by atoms with Crippen molar-refractivity contribution in [2.24, 2.45) is 4.99 Å². The molecule has 2 aromatic rings. The molecule has 2 heterocycles. The van der Waals surface area contributed by atoms with Gasteiger partial charge in [-0.05, 0) is 30.6 Å². The number of nitriles is 2. The maximum absolute atomic E-state index is 9.51. The predicted octanol–water partition coefficient (Wildman–Crippen LogP) is 2.68. The Balaban J connectivity index is 2.13. The van der Waals surface area contributed by atoms with E-state index in [4.69, 9.17) is 16.7 Å². The smallest absolute Gasteiger partial charge is 0.211 e. The highest BCUT2D eigenvalue weighted by Gasteiger charge is 2.31. The van der Waals surface area contributed by atoms with Crippen LogP contribution in [0, 0.1) is 22.8 Å². The van der Waals surface area contributed by atoms with Gasteiger partial charge < -0.3 is 16.8 Å². The monoisotopic (exact) mass is 417 g/mol. The summed E-state index contributed by atoms with van der Waals surface area (Å²) >= 11 is 0. The normalized spacial score (nSPS) is 14.7. The molecule has 3 rings (SSSR count). The molecule has 31 heavy (non-hydrogen) atoms. The van der Waals surface area contributed by atoms with Gasteiger partial charge in [-0.3, -0.25) is 10.2 Å². The van der Waals surface area contributed by atoms with Crippen LogP contribution in [0.1, 0.15) is 55.0 Å². The summed E-state index contributed by atoms with van der Waals surface area (Å²) in [4.78, 5) is 11.4.